The first-order valence-electron chi connectivity index (χ1n) is 11.6. The van der Waals surface area contributed by atoms with Crippen LogP contribution in [0.5, 0.6) is 0 Å². The Morgan fingerprint density at radius 1 is 1.00 bits per heavy atom. The number of aryl methyl sites for hydroxylation is 3. The summed E-state index contributed by atoms with van der Waals surface area (Å²) in [7, 11) is -3.51. The standard InChI is InChI=1S/C26H37N3O4S/c1-7-27-26(31)22(5)28(18-23-12-9-8-11-20(23)3)25(30)13-10-16-29(34(6,32)33)24-15-14-19(2)21(4)17-24/h8-9,11-12,14-15,17,22H,7,10,13,16,18H2,1-6H3,(H,27,31)/t22-/m1/s1. The van der Waals surface area contributed by atoms with Gasteiger partial charge in [-0.3, -0.25) is 13.9 Å². The fourth-order valence-corrected chi connectivity index (χ4v) is 4.72. The number of nitrogens with zero attached hydrogens (tertiary/aromatic N) is 2. The summed E-state index contributed by atoms with van der Waals surface area (Å²) in [5.41, 5.74) is 4.69. The zero-order chi connectivity index (χ0) is 25.5. The van der Waals surface area contributed by atoms with Crippen LogP contribution in [0.15, 0.2) is 42.5 Å². The van der Waals surface area contributed by atoms with Crippen LogP contribution in [0.1, 0.15) is 48.9 Å². The lowest BCUT2D eigenvalue weighted by atomic mass is 10.1. The van der Waals surface area contributed by atoms with Gasteiger partial charge in [0.15, 0.2) is 0 Å². The van der Waals surface area contributed by atoms with Gasteiger partial charge in [-0.05, 0) is 75.4 Å². The highest BCUT2D eigenvalue weighted by molar-refractivity contribution is 7.92. The van der Waals surface area contributed by atoms with E-state index in [0.717, 1.165) is 22.3 Å². The van der Waals surface area contributed by atoms with Gasteiger partial charge in [-0.15, -0.1) is 0 Å². The van der Waals surface area contributed by atoms with E-state index in [4.69, 9.17) is 0 Å². The molecule has 0 aliphatic rings. The Bertz CT molecular complexity index is 1110. The minimum absolute atomic E-state index is 0.131. The minimum Gasteiger partial charge on any atom is -0.355 e. The van der Waals surface area contributed by atoms with Gasteiger partial charge in [0.25, 0.3) is 0 Å². The lowest BCUT2D eigenvalue weighted by Crippen LogP contribution is -2.47. The Kier molecular flexibility index (Phi) is 9.67. The molecule has 0 radical (unpaired) electrons. The number of sulfonamides is 1. The van der Waals surface area contributed by atoms with Crippen molar-refractivity contribution >= 4 is 27.5 Å². The monoisotopic (exact) mass is 487 g/mol. The first-order chi connectivity index (χ1) is 16.0. The average Bonchev–Trinajstić information content (AvgIpc) is 2.77. The van der Waals surface area contributed by atoms with E-state index in [9.17, 15) is 18.0 Å². The summed E-state index contributed by atoms with van der Waals surface area (Å²) in [5, 5.41) is 2.79. The largest absolute Gasteiger partial charge is 0.355 e. The summed E-state index contributed by atoms with van der Waals surface area (Å²) in [6.07, 6.45) is 1.64. The van der Waals surface area contributed by atoms with Crippen molar-refractivity contribution in [1.82, 2.24) is 10.2 Å². The number of rotatable bonds is 11. The number of benzene rings is 2. The predicted octanol–water partition coefficient (Wildman–Crippen LogP) is 3.71. The summed E-state index contributed by atoms with van der Waals surface area (Å²) in [5.74, 6) is -0.395. The number of carbonyl (C=O) groups is 2. The molecule has 0 saturated carbocycles. The molecule has 0 bridgehead atoms. The van der Waals surface area contributed by atoms with Crippen LogP contribution >= 0.6 is 0 Å². The van der Waals surface area contributed by atoms with Gasteiger partial charge in [0.2, 0.25) is 21.8 Å². The van der Waals surface area contributed by atoms with Gasteiger partial charge < -0.3 is 10.2 Å². The van der Waals surface area contributed by atoms with Gasteiger partial charge >= 0.3 is 0 Å². The van der Waals surface area contributed by atoms with Crippen LogP contribution < -0.4 is 9.62 Å². The van der Waals surface area contributed by atoms with Gasteiger partial charge in [0.05, 0.1) is 11.9 Å². The quantitative estimate of drug-likeness (QED) is 0.523. The molecule has 2 aromatic carbocycles. The van der Waals surface area contributed by atoms with E-state index < -0.39 is 16.1 Å². The third-order valence-corrected chi connectivity index (χ3v) is 7.24. The Balaban J connectivity index is 2.18. The summed E-state index contributed by atoms with van der Waals surface area (Å²) in [4.78, 5) is 27.4. The van der Waals surface area contributed by atoms with E-state index in [1.807, 2.05) is 64.1 Å². The maximum atomic E-state index is 13.3. The predicted molar refractivity (Wildman–Crippen MR) is 137 cm³/mol. The van der Waals surface area contributed by atoms with Crippen LogP contribution in [0.2, 0.25) is 0 Å². The van der Waals surface area contributed by atoms with Gasteiger partial charge in [0, 0.05) is 26.1 Å². The molecule has 1 atom stereocenters. The van der Waals surface area contributed by atoms with Crippen LogP contribution in [0, 0.1) is 20.8 Å². The third-order valence-electron chi connectivity index (χ3n) is 6.05. The summed E-state index contributed by atoms with van der Waals surface area (Å²) >= 11 is 0. The molecule has 2 rings (SSSR count). The molecule has 1 N–H and O–H groups in total. The number of carbonyl (C=O) groups excluding carboxylic acids is 2. The molecule has 0 saturated heterocycles. The summed E-state index contributed by atoms with van der Waals surface area (Å²) in [6, 6.07) is 12.7. The van der Waals surface area contributed by atoms with E-state index in [1.54, 1.807) is 17.9 Å². The number of hydrogen-bond donors (Lipinski definition) is 1. The minimum atomic E-state index is -3.51. The molecule has 0 aliphatic carbocycles. The van der Waals surface area contributed by atoms with E-state index in [2.05, 4.69) is 5.32 Å². The normalized spacial score (nSPS) is 12.2. The first kappa shape index (κ1) is 27.4. The highest BCUT2D eigenvalue weighted by atomic mass is 32.2. The van der Waals surface area contributed by atoms with Crippen LogP contribution in [-0.4, -0.2) is 50.5 Å². The number of nitrogens with one attached hydrogen (secondary N) is 1. The highest BCUT2D eigenvalue weighted by Crippen LogP contribution is 2.22. The molecule has 34 heavy (non-hydrogen) atoms. The molecule has 8 heteroatoms. The van der Waals surface area contributed by atoms with Crippen molar-refractivity contribution in [3.8, 4) is 0 Å². The van der Waals surface area contributed by atoms with Crippen LogP contribution in [-0.2, 0) is 26.2 Å². The number of hydrogen-bond acceptors (Lipinski definition) is 4. The van der Waals surface area contributed by atoms with Crippen molar-refractivity contribution in [2.75, 3.05) is 23.7 Å². The molecule has 2 amide bonds. The van der Waals surface area contributed by atoms with E-state index in [-0.39, 0.29) is 24.8 Å². The maximum absolute atomic E-state index is 13.3. The summed E-state index contributed by atoms with van der Waals surface area (Å²) < 4.78 is 26.3. The van der Waals surface area contributed by atoms with Gasteiger partial charge in [-0.2, -0.15) is 0 Å². The van der Waals surface area contributed by atoms with Crippen molar-refractivity contribution in [2.24, 2.45) is 0 Å². The Morgan fingerprint density at radius 3 is 2.26 bits per heavy atom. The molecule has 186 valence electrons. The lowest BCUT2D eigenvalue weighted by Gasteiger charge is -2.30. The van der Waals surface area contributed by atoms with Crippen LogP contribution in [0.3, 0.4) is 0 Å². The van der Waals surface area contributed by atoms with Gasteiger partial charge in [-0.25, -0.2) is 8.42 Å². The van der Waals surface area contributed by atoms with Gasteiger partial charge in [-0.1, -0.05) is 30.3 Å². The molecule has 0 spiro atoms. The highest BCUT2D eigenvalue weighted by Gasteiger charge is 2.26. The zero-order valence-corrected chi connectivity index (χ0v) is 21.9. The van der Waals surface area contributed by atoms with Crippen molar-refractivity contribution in [3.05, 3.63) is 64.7 Å². The van der Waals surface area contributed by atoms with Gasteiger partial charge in [0.1, 0.15) is 6.04 Å². The van der Waals surface area contributed by atoms with Crippen molar-refractivity contribution < 1.29 is 18.0 Å². The number of anilines is 1. The fraction of sp³-hybridized carbons (Fsp3) is 0.462. The second kappa shape index (κ2) is 12.0. The van der Waals surface area contributed by atoms with Crippen molar-refractivity contribution in [2.45, 2.75) is 60.0 Å². The summed E-state index contributed by atoms with van der Waals surface area (Å²) in [6.45, 7) is 10.4. The zero-order valence-electron chi connectivity index (χ0n) is 21.1. The number of likely N-dealkylation sites (N-methyl/N-ethyl adjacent to an activating group) is 1. The van der Waals surface area contributed by atoms with Crippen LogP contribution in [0.25, 0.3) is 0 Å². The molecule has 0 unspecified atom stereocenters. The molecule has 0 heterocycles. The topological polar surface area (TPSA) is 86.8 Å². The molecule has 0 fully saturated rings. The average molecular weight is 488 g/mol. The Morgan fingerprint density at radius 2 is 1.68 bits per heavy atom. The fourth-order valence-electron chi connectivity index (χ4n) is 3.76. The maximum Gasteiger partial charge on any atom is 0.242 e. The first-order valence-corrected chi connectivity index (χ1v) is 13.5. The smallest absolute Gasteiger partial charge is 0.242 e. The third kappa shape index (κ3) is 7.32. The Hall–Kier alpha value is -2.87. The number of amides is 2. The van der Waals surface area contributed by atoms with Crippen LogP contribution in [0.4, 0.5) is 5.69 Å². The molecule has 2 aromatic rings. The van der Waals surface area contributed by atoms with Crippen molar-refractivity contribution in [1.29, 1.82) is 0 Å². The molecule has 0 aromatic heterocycles. The Labute approximate surface area is 204 Å². The van der Waals surface area contributed by atoms with E-state index in [0.29, 0.717) is 25.2 Å². The van der Waals surface area contributed by atoms with E-state index >= 15 is 0 Å². The molecule has 7 nitrogen and oxygen atoms in total. The second-order valence-corrected chi connectivity index (χ2v) is 10.6. The molecular weight excluding hydrogens is 450 g/mol. The second-order valence-electron chi connectivity index (χ2n) is 8.73. The van der Waals surface area contributed by atoms with E-state index in [1.165, 1.54) is 10.6 Å². The lowest BCUT2D eigenvalue weighted by molar-refractivity contribution is -0.140. The molecular formula is C26H37N3O4S. The SMILES string of the molecule is CCNC(=O)[C@@H](C)N(Cc1ccccc1C)C(=O)CCCN(c1ccc(C)c(C)c1)S(C)(=O)=O. The molecule has 0 aliphatic heterocycles. The van der Waals surface area contributed by atoms with Crippen molar-refractivity contribution in [3.63, 3.8) is 0 Å².